The Morgan fingerprint density at radius 1 is 1.44 bits per heavy atom. The van der Waals surface area contributed by atoms with E-state index in [4.69, 9.17) is 9.84 Å². The third-order valence-corrected chi connectivity index (χ3v) is 3.65. The van der Waals surface area contributed by atoms with Gasteiger partial charge in [0.05, 0.1) is 6.61 Å². The molecule has 1 N–H and O–H groups in total. The van der Waals surface area contributed by atoms with Crippen LogP contribution in [-0.4, -0.2) is 17.7 Å². The van der Waals surface area contributed by atoms with Gasteiger partial charge in [-0.25, -0.2) is 0 Å². The lowest BCUT2D eigenvalue weighted by atomic mass is 9.79. The molecule has 1 aromatic rings. The zero-order valence-electron chi connectivity index (χ0n) is 11.0. The van der Waals surface area contributed by atoms with Crippen molar-refractivity contribution in [1.82, 2.24) is 0 Å². The molecule has 1 aliphatic rings. The Balaban J connectivity index is 2.19. The molecule has 1 aromatic carbocycles. The number of ether oxygens (including phenoxy) is 1. The van der Waals surface area contributed by atoms with Gasteiger partial charge in [-0.3, -0.25) is 4.79 Å². The number of rotatable bonds is 4. The molecule has 3 nitrogen and oxygen atoms in total. The van der Waals surface area contributed by atoms with Crippen molar-refractivity contribution in [2.45, 2.75) is 44.9 Å². The van der Waals surface area contributed by atoms with Crippen molar-refractivity contribution >= 4 is 5.97 Å². The van der Waals surface area contributed by atoms with Crippen molar-refractivity contribution in [3.05, 3.63) is 29.3 Å². The van der Waals surface area contributed by atoms with E-state index in [2.05, 4.69) is 26.0 Å². The van der Waals surface area contributed by atoms with Gasteiger partial charge in [-0.15, -0.1) is 0 Å². The molecule has 0 spiro atoms. The SMILES string of the molecule is CC(C)(CCC(=O)O)c1ccc2c(c1)CCCO2. The first-order chi connectivity index (χ1) is 8.49. The Labute approximate surface area is 108 Å². The first kappa shape index (κ1) is 12.9. The number of carboxylic acids is 1. The van der Waals surface area contributed by atoms with E-state index >= 15 is 0 Å². The maximum absolute atomic E-state index is 10.7. The molecule has 0 amide bonds. The smallest absolute Gasteiger partial charge is 0.303 e. The second kappa shape index (κ2) is 5.01. The van der Waals surface area contributed by atoms with E-state index in [0.717, 1.165) is 25.2 Å². The predicted octanol–water partition coefficient (Wildman–Crippen LogP) is 3.15. The van der Waals surface area contributed by atoms with E-state index in [0.29, 0.717) is 6.42 Å². The standard InChI is InChI=1S/C15H20O3/c1-15(2,8-7-14(16)17)12-5-6-13-11(10-12)4-3-9-18-13/h5-6,10H,3-4,7-9H2,1-2H3,(H,16,17). The Bertz CT molecular complexity index is 449. The number of carbonyl (C=O) groups is 1. The molecule has 0 unspecified atom stereocenters. The van der Waals surface area contributed by atoms with Crippen LogP contribution in [0.3, 0.4) is 0 Å². The maximum atomic E-state index is 10.7. The molecule has 0 saturated heterocycles. The van der Waals surface area contributed by atoms with Crippen molar-refractivity contribution in [2.75, 3.05) is 6.61 Å². The average Bonchev–Trinajstić information content (AvgIpc) is 2.36. The van der Waals surface area contributed by atoms with Crippen LogP contribution < -0.4 is 4.74 Å². The minimum atomic E-state index is -0.732. The summed E-state index contributed by atoms with van der Waals surface area (Å²) in [6.45, 7) is 5.00. The van der Waals surface area contributed by atoms with Crippen LogP contribution in [0.4, 0.5) is 0 Å². The molecule has 18 heavy (non-hydrogen) atoms. The van der Waals surface area contributed by atoms with E-state index in [1.165, 1.54) is 11.1 Å². The number of hydrogen-bond donors (Lipinski definition) is 1. The number of hydrogen-bond acceptors (Lipinski definition) is 2. The lowest BCUT2D eigenvalue weighted by Gasteiger charge is -2.27. The van der Waals surface area contributed by atoms with E-state index in [-0.39, 0.29) is 11.8 Å². The monoisotopic (exact) mass is 248 g/mol. The van der Waals surface area contributed by atoms with Crippen molar-refractivity contribution < 1.29 is 14.6 Å². The van der Waals surface area contributed by atoms with E-state index in [9.17, 15) is 4.79 Å². The Morgan fingerprint density at radius 2 is 2.22 bits per heavy atom. The fraction of sp³-hybridized carbons (Fsp3) is 0.533. The summed E-state index contributed by atoms with van der Waals surface area (Å²) in [5.41, 5.74) is 2.35. The second-order valence-corrected chi connectivity index (χ2v) is 5.55. The van der Waals surface area contributed by atoms with Gasteiger partial charge in [0.15, 0.2) is 0 Å². The summed E-state index contributed by atoms with van der Waals surface area (Å²) in [6.07, 6.45) is 2.98. The van der Waals surface area contributed by atoms with Gasteiger partial charge in [0, 0.05) is 6.42 Å². The second-order valence-electron chi connectivity index (χ2n) is 5.55. The van der Waals surface area contributed by atoms with Crippen molar-refractivity contribution in [1.29, 1.82) is 0 Å². The molecule has 0 aliphatic carbocycles. The molecule has 1 aliphatic heterocycles. The van der Waals surface area contributed by atoms with Gasteiger partial charge in [-0.2, -0.15) is 0 Å². The van der Waals surface area contributed by atoms with Crippen LogP contribution in [0.5, 0.6) is 5.75 Å². The van der Waals surface area contributed by atoms with E-state index < -0.39 is 5.97 Å². The summed E-state index contributed by atoms with van der Waals surface area (Å²) in [5, 5.41) is 8.80. The van der Waals surface area contributed by atoms with Crippen LogP contribution in [-0.2, 0) is 16.6 Å². The van der Waals surface area contributed by atoms with Crippen LogP contribution >= 0.6 is 0 Å². The molecule has 1 heterocycles. The molecule has 0 fully saturated rings. The predicted molar refractivity (Wildman–Crippen MR) is 70.2 cm³/mol. The fourth-order valence-electron chi connectivity index (χ4n) is 2.35. The summed E-state index contributed by atoms with van der Waals surface area (Å²) in [4.78, 5) is 10.7. The number of benzene rings is 1. The highest BCUT2D eigenvalue weighted by Crippen LogP contribution is 2.33. The summed E-state index contributed by atoms with van der Waals surface area (Å²) in [7, 11) is 0. The first-order valence-corrected chi connectivity index (χ1v) is 6.47. The van der Waals surface area contributed by atoms with Gasteiger partial charge < -0.3 is 9.84 Å². The number of aliphatic carboxylic acids is 1. The highest BCUT2D eigenvalue weighted by molar-refractivity contribution is 5.66. The Morgan fingerprint density at radius 3 is 2.94 bits per heavy atom. The topological polar surface area (TPSA) is 46.5 Å². The minimum Gasteiger partial charge on any atom is -0.493 e. The summed E-state index contributed by atoms with van der Waals surface area (Å²) in [6, 6.07) is 6.26. The zero-order valence-corrected chi connectivity index (χ0v) is 11.0. The summed E-state index contributed by atoms with van der Waals surface area (Å²) >= 11 is 0. The molecule has 0 radical (unpaired) electrons. The van der Waals surface area contributed by atoms with Gasteiger partial charge in [-0.1, -0.05) is 26.0 Å². The number of aryl methyl sites for hydroxylation is 1. The molecular formula is C15H20O3. The quantitative estimate of drug-likeness (QED) is 0.890. The van der Waals surface area contributed by atoms with Gasteiger partial charge in [0.1, 0.15) is 5.75 Å². The fourth-order valence-corrected chi connectivity index (χ4v) is 2.35. The molecule has 0 bridgehead atoms. The molecule has 98 valence electrons. The molecule has 2 rings (SSSR count). The van der Waals surface area contributed by atoms with Crippen molar-refractivity contribution in [2.24, 2.45) is 0 Å². The number of carboxylic acid groups (broad SMARTS) is 1. The van der Waals surface area contributed by atoms with Crippen LogP contribution in [0.25, 0.3) is 0 Å². The third kappa shape index (κ3) is 2.84. The Kier molecular flexibility index (Phi) is 3.60. The van der Waals surface area contributed by atoms with Gasteiger partial charge in [0.2, 0.25) is 0 Å². The summed E-state index contributed by atoms with van der Waals surface area (Å²) in [5.74, 6) is 0.253. The molecule has 0 aromatic heterocycles. The third-order valence-electron chi connectivity index (χ3n) is 3.65. The molecule has 0 atom stereocenters. The molecule has 3 heteroatoms. The Hall–Kier alpha value is -1.51. The van der Waals surface area contributed by atoms with Crippen molar-refractivity contribution in [3.8, 4) is 5.75 Å². The van der Waals surface area contributed by atoms with E-state index in [1.54, 1.807) is 0 Å². The lowest BCUT2D eigenvalue weighted by Crippen LogP contribution is -2.20. The van der Waals surface area contributed by atoms with Crippen LogP contribution in [0.15, 0.2) is 18.2 Å². The zero-order chi connectivity index (χ0) is 13.2. The average molecular weight is 248 g/mol. The molecule has 0 saturated carbocycles. The van der Waals surface area contributed by atoms with E-state index in [1.807, 2.05) is 6.07 Å². The highest BCUT2D eigenvalue weighted by Gasteiger charge is 2.23. The minimum absolute atomic E-state index is 0.106. The van der Waals surface area contributed by atoms with Gasteiger partial charge >= 0.3 is 5.97 Å². The highest BCUT2D eigenvalue weighted by atomic mass is 16.5. The van der Waals surface area contributed by atoms with Crippen LogP contribution in [0.1, 0.15) is 44.2 Å². The normalized spacial score (nSPS) is 14.8. The van der Waals surface area contributed by atoms with Gasteiger partial charge in [-0.05, 0) is 41.9 Å². The molecular weight excluding hydrogens is 228 g/mol. The van der Waals surface area contributed by atoms with Crippen LogP contribution in [0.2, 0.25) is 0 Å². The van der Waals surface area contributed by atoms with Crippen LogP contribution in [0, 0.1) is 0 Å². The first-order valence-electron chi connectivity index (χ1n) is 6.47. The van der Waals surface area contributed by atoms with Crippen molar-refractivity contribution in [3.63, 3.8) is 0 Å². The van der Waals surface area contributed by atoms with Gasteiger partial charge in [0.25, 0.3) is 0 Å². The summed E-state index contributed by atoms with van der Waals surface area (Å²) < 4.78 is 5.60. The number of fused-ring (bicyclic) bond motifs is 1. The maximum Gasteiger partial charge on any atom is 0.303 e. The lowest BCUT2D eigenvalue weighted by molar-refractivity contribution is -0.137. The largest absolute Gasteiger partial charge is 0.493 e.